The minimum atomic E-state index is -1.32. The van der Waals surface area contributed by atoms with Crippen LogP contribution >= 0.6 is 0 Å². The Bertz CT molecular complexity index is 345. The van der Waals surface area contributed by atoms with Gasteiger partial charge in [0.1, 0.15) is 5.54 Å². The first-order valence-electron chi connectivity index (χ1n) is 5.88. The van der Waals surface area contributed by atoms with E-state index in [1.807, 2.05) is 19.9 Å². The van der Waals surface area contributed by atoms with Crippen LogP contribution in [0.4, 0.5) is 4.79 Å². The van der Waals surface area contributed by atoms with Crippen LogP contribution in [-0.2, 0) is 4.79 Å². The molecule has 6 nitrogen and oxygen atoms in total. The molecule has 0 saturated heterocycles. The number of nitrogens with zero attached hydrogens (tertiary/aromatic N) is 2. The van der Waals surface area contributed by atoms with Crippen LogP contribution in [0.5, 0.6) is 0 Å². The van der Waals surface area contributed by atoms with Crippen molar-refractivity contribution < 1.29 is 14.7 Å². The lowest BCUT2D eigenvalue weighted by atomic mass is 10.1. The van der Waals surface area contributed by atoms with E-state index in [2.05, 4.69) is 5.32 Å². The highest BCUT2D eigenvalue weighted by Crippen LogP contribution is 2.06. The van der Waals surface area contributed by atoms with E-state index >= 15 is 0 Å². The van der Waals surface area contributed by atoms with Gasteiger partial charge in [0.2, 0.25) is 0 Å². The van der Waals surface area contributed by atoms with Crippen LogP contribution < -0.4 is 5.32 Å². The number of rotatable bonds is 6. The van der Waals surface area contributed by atoms with E-state index in [-0.39, 0.29) is 12.3 Å². The van der Waals surface area contributed by atoms with Crippen LogP contribution in [0.15, 0.2) is 0 Å². The Kier molecular flexibility index (Phi) is 6.17. The SMILES string of the molecule is CC(C)CN(CCC#N)C(=O)NC(C)(C)C(=O)O. The molecule has 0 rings (SSSR count). The highest BCUT2D eigenvalue weighted by atomic mass is 16.4. The van der Waals surface area contributed by atoms with E-state index in [4.69, 9.17) is 10.4 Å². The quantitative estimate of drug-likeness (QED) is 0.750. The summed E-state index contributed by atoms with van der Waals surface area (Å²) in [6.07, 6.45) is 0.230. The van der Waals surface area contributed by atoms with Crippen molar-refractivity contribution in [2.45, 2.75) is 39.7 Å². The van der Waals surface area contributed by atoms with Gasteiger partial charge in [0.15, 0.2) is 0 Å². The predicted octanol–water partition coefficient (Wildman–Crippen LogP) is 1.43. The molecule has 0 aliphatic heterocycles. The Morgan fingerprint density at radius 2 is 2.00 bits per heavy atom. The molecule has 0 fully saturated rings. The molecule has 2 amide bonds. The average Bonchev–Trinajstić information content (AvgIpc) is 2.22. The second kappa shape index (κ2) is 6.84. The van der Waals surface area contributed by atoms with E-state index in [9.17, 15) is 9.59 Å². The summed E-state index contributed by atoms with van der Waals surface area (Å²) in [4.78, 5) is 24.3. The highest BCUT2D eigenvalue weighted by molar-refractivity contribution is 5.85. The molecule has 0 aliphatic carbocycles. The average molecular weight is 255 g/mol. The van der Waals surface area contributed by atoms with Crippen molar-refractivity contribution in [2.75, 3.05) is 13.1 Å². The number of carbonyl (C=O) groups is 2. The molecule has 6 heteroatoms. The molecule has 0 unspecified atom stereocenters. The van der Waals surface area contributed by atoms with Crippen molar-refractivity contribution in [2.24, 2.45) is 5.92 Å². The molecule has 0 spiro atoms. The van der Waals surface area contributed by atoms with Gasteiger partial charge in [0, 0.05) is 13.1 Å². The topological polar surface area (TPSA) is 93.4 Å². The molecule has 0 heterocycles. The summed E-state index contributed by atoms with van der Waals surface area (Å²) in [6, 6.07) is 1.52. The van der Waals surface area contributed by atoms with E-state index < -0.39 is 17.5 Å². The van der Waals surface area contributed by atoms with Gasteiger partial charge in [0.25, 0.3) is 0 Å². The fourth-order valence-corrected chi connectivity index (χ4v) is 1.30. The second-order valence-electron chi connectivity index (χ2n) is 5.11. The number of nitriles is 1. The van der Waals surface area contributed by atoms with Crippen LogP contribution in [0, 0.1) is 17.2 Å². The number of carbonyl (C=O) groups excluding carboxylic acids is 1. The predicted molar refractivity (Wildman–Crippen MR) is 66.9 cm³/mol. The van der Waals surface area contributed by atoms with Crippen LogP contribution in [0.25, 0.3) is 0 Å². The summed E-state index contributed by atoms with van der Waals surface area (Å²) >= 11 is 0. The molecule has 0 atom stereocenters. The minimum absolute atomic E-state index is 0.230. The van der Waals surface area contributed by atoms with Gasteiger partial charge in [-0.2, -0.15) is 5.26 Å². The van der Waals surface area contributed by atoms with Gasteiger partial charge in [-0.15, -0.1) is 0 Å². The first-order chi connectivity index (χ1) is 8.20. The zero-order valence-electron chi connectivity index (χ0n) is 11.4. The molecule has 0 aromatic rings. The summed E-state index contributed by atoms with van der Waals surface area (Å²) < 4.78 is 0. The Morgan fingerprint density at radius 1 is 1.44 bits per heavy atom. The maximum atomic E-state index is 11.9. The first kappa shape index (κ1) is 16.2. The largest absolute Gasteiger partial charge is 0.480 e. The zero-order valence-corrected chi connectivity index (χ0v) is 11.4. The van der Waals surface area contributed by atoms with Crippen LogP contribution in [0.3, 0.4) is 0 Å². The maximum absolute atomic E-state index is 11.9. The summed E-state index contributed by atoms with van der Waals surface area (Å²) in [5.41, 5.74) is -1.32. The third-order valence-corrected chi connectivity index (χ3v) is 2.32. The zero-order chi connectivity index (χ0) is 14.3. The monoisotopic (exact) mass is 255 g/mol. The van der Waals surface area contributed by atoms with E-state index in [0.29, 0.717) is 13.1 Å². The van der Waals surface area contributed by atoms with E-state index in [0.717, 1.165) is 0 Å². The van der Waals surface area contributed by atoms with Crippen LogP contribution in [0.1, 0.15) is 34.1 Å². The fourth-order valence-electron chi connectivity index (χ4n) is 1.30. The maximum Gasteiger partial charge on any atom is 0.328 e. The van der Waals surface area contributed by atoms with Crippen LogP contribution in [0.2, 0.25) is 0 Å². The molecule has 0 aliphatic rings. The number of amides is 2. The van der Waals surface area contributed by atoms with Gasteiger partial charge in [0.05, 0.1) is 12.5 Å². The summed E-state index contributed by atoms with van der Waals surface area (Å²) in [5, 5.41) is 19.9. The van der Waals surface area contributed by atoms with Crippen molar-refractivity contribution in [1.29, 1.82) is 5.26 Å². The van der Waals surface area contributed by atoms with Gasteiger partial charge < -0.3 is 15.3 Å². The van der Waals surface area contributed by atoms with Crippen molar-refractivity contribution in [3.8, 4) is 6.07 Å². The number of nitrogens with one attached hydrogen (secondary N) is 1. The van der Waals surface area contributed by atoms with Gasteiger partial charge in [-0.25, -0.2) is 9.59 Å². The summed E-state index contributed by atoms with van der Waals surface area (Å²) in [6.45, 7) is 7.54. The van der Waals surface area contributed by atoms with Gasteiger partial charge >= 0.3 is 12.0 Å². The molecule has 0 aromatic heterocycles. The van der Waals surface area contributed by atoms with Crippen molar-refractivity contribution in [3.63, 3.8) is 0 Å². The Balaban J connectivity index is 4.65. The third kappa shape index (κ3) is 5.53. The summed E-state index contributed by atoms with van der Waals surface area (Å²) in [5.74, 6) is -0.844. The number of carboxylic acids is 1. The Morgan fingerprint density at radius 3 is 2.39 bits per heavy atom. The first-order valence-corrected chi connectivity index (χ1v) is 5.88. The molecule has 0 saturated carbocycles. The number of urea groups is 1. The van der Waals surface area contributed by atoms with Gasteiger partial charge in [-0.3, -0.25) is 0 Å². The van der Waals surface area contributed by atoms with Crippen molar-refractivity contribution >= 4 is 12.0 Å². The third-order valence-electron chi connectivity index (χ3n) is 2.32. The fraction of sp³-hybridized carbons (Fsp3) is 0.750. The second-order valence-corrected chi connectivity index (χ2v) is 5.11. The smallest absolute Gasteiger partial charge is 0.328 e. The number of hydrogen-bond acceptors (Lipinski definition) is 3. The number of carboxylic acid groups (broad SMARTS) is 1. The lowest BCUT2D eigenvalue weighted by Crippen LogP contribution is -2.54. The Labute approximate surface area is 108 Å². The number of hydrogen-bond donors (Lipinski definition) is 2. The number of aliphatic carboxylic acids is 1. The lowest BCUT2D eigenvalue weighted by Gasteiger charge is -2.28. The molecule has 102 valence electrons. The van der Waals surface area contributed by atoms with Crippen molar-refractivity contribution in [1.82, 2.24) is 10.2 Å². The molecular formula is C12H21N3O3. The van der Waals surface area contributed by atoms with Gasteiger partial charge in [-0.1, -0.05) is 13.8 Å². The van der Waals surface area contributed by atoms with Crippen LogP contribution in [-0.4, -0.2) is 40.6 Å². The molecule has 0 bridgehead atoms. The van der Waals surface area contributed by atoms with E-state index in [1.165, 1.54) is 18.7 Å². The normalized spacial score (nSPS) is 10.9. The van der Waals surface area contributed by atoms with Gasteiger partial charge in [-0.05, 0) is 19.8 Å². The molecule has 0 radical (unpaired) electrons. The summed E-state index contributed by atoms with van der Waals surface area (Å²) in [7, 11) is 0. The highest BCUT2D eigenvalue weighted by Gasteiger charge is 2.30. The lowest BCUT2D eigenvalue weighted by molar-refractivity contribution is -0.143. The molecule has 0 aromatic carbocycles. The Hall–Kier alpha value is -1.77. The minimum Gasteiger partial charge on any atom is -0.480 e. The molecule has 2 N–H and O–H groups in total. The molecular weight excluding hydrogens is 234 g/mol. The van der Waals surface area contributed by atoms with Crippen molar-refractivity contribution in [3.05, 3.63) is 0 Å². The standard InChI is InChI=1S/C12H21N3O3/c1-9(2)8-15(7-5-6-13)11(18)14-12(3,4)10(16)17/h9H,5,7-8H2,1-4H3,(H,14,18)(H,16,17). The van der Waals surface area contributed by atoms with E-state index in [1.54, 1.807) is 0 Å². The molecule has 18 heavy (non-hydrogen) atoms.